The zero-order valence-corrected chi connectivity index (χ0v) is 14.9. The minimum atomic E-state index is -3.02. The molecule has 0 bridgehead atoms. The summed E-state index contributed by atoms with van der Waals surface area (Å²) in [6.45, 7) is 6.70. The Bertz CT molecular complexity index is 628. The number of hydrogen-bond acceptors (Lipinski definition) is 4. The number of carbonyl (C=O) groups is 1. The van der Waals surface area contributed by atoms with Gasteiger partial charge in [0.2, 0.25) is 5.91 Å². The molecule has 23 heavy (non-hydrogen) atoms. The highest BCUT2D eigenvalue weighted by Crippen LogP contribution is 2.23. The van der Waals surface area contributed by atoms with Crippen LogP contribution in [0.3, 0.4) is 0 Å². The molecule has 2 rings (SSSR count). The second kappa shape index (κ2) is 7.43. The third-order valence-electron chi connectivity index (χ3n) is 4.68. The van der Waals surface area contributed by atoms with Gasteiger partial charge in [-0.25, -0.2) is 8.42 Å². The molecule has 1 saturated heterocycles. The van der Waals surface area contributed by atoms with Crippen LogP contribution >= 0.6 is 0 Å². The quantitative estimate of drug-likeness (QED) is 0.798. The molecule has 1 amide bonds. The Morgan fingerprint density at radius 2 is 2.13 bits per heavy atom. The molecular formula is C17H26N2O3S. The minimum absolute atomic E-state index is 0.0390. The zero-order valence-electron chi connectivity index (χ0n) is 14.1. The van der Waals surface area contributed by atoms with Crippen molar-refractivity contribution in [2.75, 3.05) is 11.5 Å². The Labute approximate surface area is 139 Å². The number of carbonyl (C=O) groups excluding carboxylic acids is 1. The highest BCUT2D eigenvalue weighted by Gasteiger charge is 2.35. The molecule has 0 radical (unpaired) electrons. The first-order chi connectivity index (χ1) is 10.8. The van der Waals surface area contributed by atoms with E-state index in [4.69, 9.17) is 0 Å². The lowest BCUT2D eigenvalue weighted by molar-refractivity contribution is -0.135. The Balaban J connectivity index is 2.16. The fraction of sp³-hybridized carbons (Fsp3) is 0.647. The third kappa shape index (κ3) is 5.03. The maximum Gasteiger partial charge on any atom is 0.223 e. The number of sulfone groups is 1. The first-order valence-corrected chi connectivity index (χ1v) is 9.99. The van der Waals surface area contributed by atoms with Crippen molar-refractivity contribution < 1.29 is 13.2 Å². The standard InChI is InChI=1S/C17H26N2O3S/c1-13(2)14(3)9-17(20)19(11-15-5-4-7-18-10-15)16-6-8-23(21,22)12-16/h4-5,7,10,13-14,16H,6,8-9,11-12H2,1-3H3. The number of pyridine rings is 1. The van der Waals surface area contributed by atoms with E-state index in [0.29, 0.717) is 25.3 Å². The molecule has 0 spiro atoms. The van der Waals surface area contributed by atoms with Gasteiger partial charge in [0.15, 0.2) is 9.84 Å². The van der Waals surface area contributed by atoms with Crippen LogP contribution in [0, 0.1) is 11.8 Å². The highest BCUT2D eigenvalue weighted by molar-refractivity contribution is 7.91. The van der Waals surface area contributed by atoms with Gasteiger partial charge in [-0.1, -0.05) is 26.8 Å². The van der Waals surface area contributed by atoms with Crippen molar-refractivity contribution in [3.63, 3.8) is 0 Å². The van der Waals surface area contributed by atoms with Crippen molar-refractivity contribution in [3.8, 4) is 0 Å². The van der Waals surface area contributed by atoms with Crippen molar-refractivity contribution in [1.82, 2.24) is 9.88 Å². The van der Waals surface area contributed by atoms with Crippen LogP contribution in [0.2, 0.25) is 0 Å². The van der Waals surface area contributed by atoms with Crippen LogP contribution in [-0.4, -0.2) is 41.8 Å². The van der Waals surface area contributed by atoms with E-state index in [1.165, 1.54) is 0 Å². The van der Waals surface area contributed by atoms with Crippen molar-refractivity contribution in [2.24, 2.45) is 11.8 Å². The summed E-state index contributed by atoms with van der Waals surface area (Å²) in [6, 6.07) is 3.54. The molecule has 2 unspecified atom stereocenters. The Hall–Kier alpha value is -1.43. The average Bonchev–Trinajstić information content (AvgIpc) is 2.85. The topological polar surface area (TPSA) is 67.3 Å². The summed E-state index contributed by atoms with van der Waals surface area (Å²) in [5.41, 5.74) is 0.933. The molecule has 2 heterocycles. The van der Waals surface area contributed by atoms with Crippen LogP contribution < -0.4 is 0 Å². The van der Waals surface area contributed by atoms with Gasteiger partial charge < -0.3 is 4.90 Å². The van der Waals surface area contributed by atoms with Crippen LogP contribution in [0.1, 0.15) is 39.2 Å². The van der Waals surface area contributed by atoms with Crippen LogP contribution in [0.5, 0.6) is 0 Å². The molecule has 0 N–H and O–H groups in total. The maximum absolute atomic E-state index is 12.8. The van der Waals surface area contributed by atoms with E-state index in [0.717, 1.165) is 5.56 Å². The summed E-state index contributed by atoms with van der Waals surface area (Å²) < 4.78 is 23.6. The van der Waals surface area contributed by atoms with E-state index >= 15 is 0 Å². The predicted molar refractivity (Wildman–Crippen MR) is 90.5 cm³/mol. The normalized spacial score (nSPS) is 21.3. The highest BCUT2D eigenvalue weighted by atomic mass is 32.2. The van der Waals surface area contributed by atoms with E-state index in [-0.39, 0.29) is 29.4 Å². The average molecular weight is 338 g/mol. The monoisotopic (exact) mass is 338 g/mol. The van der Waals surface area contributed by atoms with Crippen LogP contribution in [0.15, 0.2) is 24.5 Å². The molecule has 5 nitrogen and oxygen atoms in total. The van der Waals surface area contributed by atoms with Gasteiger partial charge in [-0.2, -0.15) is 0 Å². The van der Waals surface area contributed by atoms with Gasteiger partial charge in [-0.05, 0) is 29.9 Å². The van der Waals surface area contributed by atoms with Crippen LogP contribution in [0.25, 0.3) is 0 Å². The lowest BCUT2D eigenvalue weighted by Crippen LogP contribution is -2.41. The molecule has 1 aromatic rings. The van der Waals surface area contributed by atoms with Gasteiger partial charge in [0.25, 0.3) is 0 Å². The van der Waals surface area contributed by atoms with Crippen LogP contribution in [0.4, 0.5) is 0 Å². The van der Waals surface area contributed by atoms with Gasteiger partial charge in [0.1, 0.15) is 0 Å². The van der Waals surface area contributed by atoms with Gasteiger partial charge in [0.05, 0.1) is 11.5 Å². The number of nitrogens with zero attached hydrogens (tertiary/aromatic N) is 2. The van der Waals surface area contributed by atoms with E-state index in [1.807, 2.05) is 12.1 Å². The predicted octanol–water partition coefficient (Wildman–Crippen LogP) is 2.28. The van der Waals surface area contributed by atoms with Gasteiger partial charge in [-0.15, -0.1) is 0 Å². The van der Waals surface area contributed by atoms with Gasteiger partial charge >= 0.3 is 0 Å². The first-order valence-electron chi connectivity index (χ1n) is 8.17. The Kier molecular flexibility index (Phi) is 5.79. The van der Waals surface area contributed by atoms with E-state index in [1.54, 1.807) is 17.3 Å². The first kappa shape index (κ1) is 17.9. The number of aromatic nitrogens is 1. The van der Waals surface area contributed by atoms with Crippen molar-refractivity contribution >= 4 is 15.7 Å². The third-order valence-corrected chi connectivity index (χ3v) is 6.43. The lowest BCUT2D eigenvalue weighted by Gasteiger charge is -2.30. The largest absolute Gasteiger partial charge is 0.334 e. The molecule has 1 aromatic heterocycles. The fourth-order valence-electron chi connectivity index (χ4n) is 2.76. The Morgan fingerprint density at radius 3 is 2.65 bits per heavy atom. The van der Waals surface area contributed by atoms with Crippen LogP contribution in [-0.2, 0) is 21.2 Å². The summed E-state index contributed by atoms with van der Waals surface area (Å²) in [5, 5.41) is 0. The number of rotatable bonds is 6. The van der Waals surface area contributed by atoms with Crippen molar-refractivity contribution in [1.29, 1.82) is 0 Å². The van der Waals surface area contributed by atoms with Gasteiger partial charge in [0, 0.05) is 31.4 Å². The molecule has 2 atom stereocenters. The SMILES string of the molecule is CC(C)C(C)CC(=O)N(Cc1cccnc1)C1CCS(=O)(=O)C1. The number of amides is 1. The van der Waals surface area contributed by atoms with E-state index in [2.05, 4.69) is 25.8 Å². The second-order valence-electron chi connectivity index (χ2n) is 6.87. The molecular weight excluding hydrogens is 312 g/mol. The number of hydrogen-bond donors (Lipinski definition) is 0. The smallest absolute Gasteiger partial charge is 0.223 e. The minimum Gasteiger partial charge on any atom is -0.334 e. The molecule has 1 fully saturated rings. The molecule has 0 aliphatic carbocycles. The van der Waals surface area contributed by atoms with E-state index in [9.17, 15) is 13.2 Å². The lowest BCUT2D eigenvalue weighted by atomic mass is 9.94. The maximum atomic E-state index is 12.8. The second-order valence-corrected chi connectivity index (χ2v) is 9.09. The molecule has 6 heteroatoms. The van der Waals surface area contributed by atoms with E-state index < -0.39 is 9.84 Å². The molecule has 1 aliphatic heterocycles. The molecule has 128 valence electrons. The summed E-state index contributed by atoms with van der Waals surface area (Å²) in [7, 11) is -3.02. The molecule has 0 saturated carbocycles. The summed E-state index contributed by atoms with van der Waals surface area (Å²) >= 11 is 0. The van der Waals surface area contributed by atoms with Crippen molar-refractivity contribution in [2.45, 2.75) is 46.2 Å². The fourth-order valence-corrected chi connectivity index (χ4v) is 4.49. The van der Waals surface area contributed by atoms with Gasteiger partial charge in [-0.3, -0.25) is 9.78 Å². The zero-order chi connectivity index (χ0) is 17.0. The Morgan fingerprint density at radius 1 is 1.39 bits per heavy atom. The molecule has 0 aromatic carbocycles. The summed E-state index contributed by atoms with van der Waals surface area (Å²) in [6.07, 6.45) is 4.41. The summed E-state index contributed by atoms with van der Waals surface area (Å²) in [4.78, 5) is 18.6. The summed E-state index contributed by atoms with van der Waals surface area (Å²) in [5.74, 6) is 0.990. The van der Waals surface area contributed by atoms with Crippen molar-refractivity contribution in [3.05, 3.63) is 30.1 Å². The molecule has 1 aliphatic rings.